The second-order valence-electron chi connectivity index (χ2n) is 2.30. The molecule has 1 rings (SSSR count). The third-order valence-corrected chi connectivity index (χ3v) is 4.57. The number of hydrogen-bond donors (Lipinski definition) is 1. The molecule has 12 heavy (non-hydrogen) atoms. The summed E-state index contributed by atoms with van der Waals surface area (Å²) in [5, 5.41) is 3.17. The van der Waals surface area contributed by atoms with Crippen molar-refractivity contribution in [3.8, 4) is 0 Å². The molecule has 0 spiro atoms. The van der Waals surface area contributed by atoms with Crippen molar-refractivity contribution in [2.45, 2.75) is 0 Å². The number of likely N-dealkylation sites (N-methyl/N-ethyl adjacent to an activating group) is 1. The molecule has 0 amide bonds. The van der Waals surface area contributed by atoms with Crippen molar-refractivity contribution >= 4 is 22.6 Å². The molecule has 1 N–H and O–H groups in total. The first-order valence-corrected chi connectivity index (χ1v) is 7.82. The van der Waals surface area contributed by atoms with Crippen molar-refractivity contribution in [3.63, 3.8) is 0 Å². The van der Waals surface area contributed by atoms with Gasteiger partial charge in [0, 0.05) is 0 Å². The fraction of sp³-hybridized carbons (Fsp3) is 0.500. The molecule has 1 heterocycles. The second kappa shape index (κ2) is 6.20. The summed E-state index contributed by atoms with van der Waals surface area (Å²) in [4.78, 5) is 0. The van der Waals surface area contributed by atoms with E-state index in [4.69, 9.17) is 4.74 Å². The molecule has 0 saturated heterocycles. The summed E-state index contributed by atoms with van der Waals surface area (Å²) in [5.74, 6) is 1.16. The van der Waals surface area contributed by atoms with E-state index in [9.17, 15) is 0 Å². The molecule has 0 atom stereocenters. The van der Waals surface area contributed by atoms with Crippen LogP contribution in [0, 0.1) is 0 Å². The first-order valence-electron chi connectivity index (χ1n) is 3.69. The van der Waals surface area contributed by atoms with Gasteiger partial charge in [0.15, 0.2) is 0 Å². The van der Waals surface area contributed by atoms with Crippen molar-refractivity contribution in [1.82, 2.24) is 5.32 Å². The van der Waals surface area contributed by atoms with E-state index in [0.29, 0.717) is 0 Å². The zero-order valence-corrected chi connectivity index (χ0v) is 11.3. The third kappa shape index (κ3) is 3.61. The molecule has 2 nitrogen and oxygen atoms in total. The zero-order chi connectivity index (χ0) is 8.81. The Balaban J connectivity index is 2.42. The minimum atomic E-state index is 0.192. The Hall–Kier alpha value is 0.700. The Morgan fingerprint density at radius 3 is 3.00 bits per heavy atom. The van der Waals surface area contributed by atoms with Crippen LogP contribution in [-0.4, -0.2) is 22.6 Å². The first kappa shape index (κ1) is 10.8. The zero-order valence-electron chi connectivity index (χ0n) is 6.94. The van der Waals surface area contributed by atoms with Crippen LogP contribution in [-0.2, 0) is 4.74 Å². The van der Waals surface area contributed by atoms with Gasteiger partial charge in [-0.25, -0.2) is 0 Å². The van der Waals surface area contributed by atoms with Gasteiger partial charge in [-0.1, -0.05) is 0 Å². The molecule has 1 aliphatic heterocycles. The number of hydrogen-bond acceptors (Lipinski definition) is 2. The predicted molar refractivity (Wildman–Crippen MR) is 54.9 cm³/mol. The normalized spacial score (nSPS) is 17.5. The maximum absolute atomic E-state index is 5.42. The Kier molecular flexibility index (Phi) is 5.57. The van der Waals surface area contributed by atoms with Crippen LogP contribution in [0.2, 0.25) is 0 Å². The van der Waals surface area contributed by atoms with E-state index in [0.717, 1.165) is 21.3 Å². The van der Waals surface area contributed by atoms with Crippen LogP contribution < -0.4 is 26.5 Å². The van der Waals surface area contributed by atoms with Crippen LogP contribution in [0.5, 0.6) is 0 Å². The summed E-state index contributed by atoms with van der Waals surface area (Å²) in [7, 11) is 1.99. The summed E-state index contributed by atoms with van der Waals surface area (Å²) in [6.45, 7) is 1.04. The molecule has 4 heteroatoms. The van der Waals surface area contributed by atoms with Crippen molar-refractivity contribution in [2.75, 3.05) is 22.6 Å². The number of rotatable bonds is 4. The first-order chi connectivity index (χ1) is 5.86. The molecular weight excluding hydrogens is 380 g/mol. The van der Waals surface area contributed by atoms with Crippen LogP contribution >= 0.6 is 22.6 Å². The fourth-order valence-electron chi connectivity index (χ4n) is 0.856. The number of nitrogens with one attached hydrogen (secondary N) is 1. The van der Waals surface area contributed by atoms with E-state index in [-0.39, 0.29) is 21.2 Å². The van der Waals surface area contributed by atoms with E-state index < -0.39 is 0 Å². The van der Waals surface area contributed by atoms with Gasteiger partial charge in [-0.2, -0.15) is 0 Å². The number of ether oxygens (including phenoxy) is 1. The summed E-state index contributed by atoms with van der Waals surface area (Å²) in [6, 6.07) is 0. The van der Waals surface area contributed by atoms with Gasteiger partial charge in [0.2, 0.25) is 0 Å². The van der Waals surface area contributed by atoms with E-state index >= 15 is 0 Å². The Bertz CT molecular complexity index is 179. The summed E-state index contributed by atoms with van der Waals surface area (Å²) in [5.41, 5.74) is 0. The average Bonchev–Trinajstić information content (AvgIpc) is 2.09. The average molecular weight is 392 g/mol. The van der Waals surface area contributed by atoms with Crippen molar-refractivity contribution in [1.29, 1.82) is 0 Å². The van der Waals surface area contributed by atoms with Gasteiger partial charge in [-0.3, -0.25) is 0 Å². The van der Waals surface area contributed by atoms with Crippen LogP contribution in [0.15, 0.2) is 21.5 Å². The molecule has 0 aliphatic carbocycles. The summed E-state index contributed by atoms with van der Waals surface area (Å²) < 4.78 is 8.91. The predicted octanol–water partition coefficient (Wildman–Crippen LogP) is -1.51. The van der Waals surface area contributed by atoms with Crippen LogP contribution in [0.1, 0.15) is 0 Å². The monoisotopic (exact) mass is 392 g/mol. The van der Waals surface area contributed by atoms with E-state index in [1.807, 2.05) is 7.05 Å². The molecular formula is C8H12I2NO-. The van der Waals surface area contributed by atoms with E-state index in [1.54, 1.807) is 3.58 Å². The number of allylic oxidation sites excluding steroid dienone is 3. The molecule has 1 aliphatic rings. The van der Waals surface area contributed by atoms with Crippen molar-refractivity contribution in [2.24, 2.45) is 0 Å². The molecule has 70 valence electrons. The van der Waals surface area contributed by atoms with E-state index in [1.165, 1.54) is 0 Å². The third-order valence-electron chi connectivity index (χ3n) is 1.41. The summed E-state index contributed by atoms with van der Waals surface area (Å²) in [6.07, 6.45) is 4.31. The Morgan fingerprint density at radius 1 is 1.67 bits per heavy atom. The van der Waals surface area contributed by atoms with Gasteiger partial charge in [-0.15, -0.1) is 0 Å². The Labute approximate surface area is 97.2 Å². The van der Waals surface area contributed by atoms with Gasteiger partial charge in [0.25, 0.3) is 0 Å². The van der Waals surface area contributed by atoms with Crippen molar-refractivity contribution < 1.29 is 25.9 Å². The topological polar surface area (TPSA) is 21.3 Å². The van der Waals surface area contributed by atoms with E-state index in [2.05, 4.69) is 40.1 Å². The summed E-state index contributed by atoms with van der Waals surface area (Å²) >= 11 is 2.42. The second-order valence-corrected chi connectivity index (χ2v) is 5.83. The van der Waals surface area contributed by atoms with Gasteiger partial charge in [0.05, 0.1) is 0 Å². The maximum atomic E-state index is 5.42. The number of alkyl halides is 2. The molecule has 0 fully saturated rings. The fourth-order valence-corrected chi connectivity index (χ4v) is 3.68. The standard InChI is InChI=1S/C8H12I2NO/c1-11-5-7-2-3-8(4-10-7)12-6-9/h2-3,11H,4-6H2,1H3/q-1. The van der Waals surface area contributed by atoms with Crippen LogP contribution in [0.4, 0.5) is 0 Å². The number of halogens is 2. The molecule has 0 saturated carbocycles. The van der Waals surface area contributed by atoms with Gasteiger partial charge in [0.1, 0.15) is 0 Å². The molecule has 0 aromatic rings. The molecule has 0 unspecified atom stereocenters. The Morgan fingerprint density at radius 2 is 2.50 bits per heavy atom. The van der Waals surface area contributed by atoms with Crippen LogP contribution in [0.25, 0.3) is 0 Å². The van der Waals surface area contributed by atoms with Crippen molar-refractivity contribution in [3.05, 3.63) is 21.5 Å². The quantitative estimate of drug-likeness (QED) is 0.464. The minimum absolute atomic E-state index is 0.192. The molecule has 0 bridgehead atoms. The van der Waals surface area contributed by atoms with Gasteiger partial charge >= 0.3 is 98.0 Å². The van der Waals surface area contributed by atoms with Crippen LogP contribution in [0.3, 0.4) is 0 Å². The van der Waals surface area contributed by atoms with Gasteiger partial charge < -0.3 is 0 Å². The SMILES string of the molecule is CNCC1=CC=C(OCI)C[I-]1. The molecule has 0 aromatic carbocycles. The van der Waals surface area contributed by atoms with Gasteiger partial charge in [-0.05, 0) is 0 Å². The molecule has 0 aromatic heterocycles. The molecule has 0 radical (unpaired) electrons.